The first-order valence-electron chi connectivity index (χ1n) is 5.24. The van der Waals surface area contributed by atoms with E-state index in [1.54, 1.807) is 0 Å². The molecule has 0 saturated carbocycles. The number of carboxylic acids is 1. The Morgan fingerprint density at radius 3 is 2.75 bits per heavy atom. The second kappa shape index (κ2) is 5.03. The molecule has 5 heteroatoms. The highest BCUT2D eigenvalue weighted by Crippen LogP contribution is 2.25. The average Bonchev–Trinajstić information content (AvgIpc) is 2.29. The number of carboxylic acid groups (broad SMARTS) is 1. The molecule has 0 radical (unpaired) electrons. The lowest BCUT2D eigenvalue weighted by molar-refractivity contribution is -0.0391. The van der Waals surface area contributed by atoms with Gasteiger partial charge in [-0.25, -0.2) is 14.8 Å². The Morgan fingerprint density at radius 2 is 2.25 bits per heavy atom. The lowest BCUT2D eigenvalue weighted by Gasteiger charge is -2.26. The van der Waals surface area contributed by atoms with E-state index in [1.807, 2.05) is 20.8 Å². The van der Waals surface area contributed by atoms with Gasteiger partial charge in [-0.1, -0.05) is 6.92 Å². The number of nitrogens with zero attached hydrogens (tertiary/aromatic N) is 2. The molecule has 16 heavy (non-hydrogen) atoms. The Labute approximate surface area is 94.5 Å². The molecular weight excluding hydrogens is 208 g/mol. The van der Waals surface area contributed by atoms with E-state index >= 15 is 0 Å². The van der Waals surface area contributed by atoms with E-state index < -0.39 is 11.6 Å². The zero-order valence-corrected chi connectivity index (χ0v) is 9.73. The molecule has 0 fully saturated rings. The molecule has 1 aromatic heterocycles. The van der Waals surface area contributed by atoms with Crippen molar-refractivity contribution in [3.63, 3.8) is 0 Å². The summed E-state index contributed by atoms with van der Waals surface area (Å²) in [5, 5.41) is 8.85. The van der Waals surface area contributed by atoms with E-state index in [2.05, 4.69) is 9.97 Å². The maximum Gasteiger partial charge on any atom is 0.354 e. The number of ether oxygens (including phenoxy) is 1. The van der Waals surface area contributed by atoms with Crippen molar-refractivity contribution in [3.8, 4) is 0 Å². The number of rotatable bonds is 5. The summed E-state index contributed by atoms with van der Waals surface area (Å²) >= 11 is 0. The summed E-state index contributed by atoms with van der Waals surface area (Å²) in [6.45, 7) is 6.23. The third kappa shape index (κ3) is 2.55. The van der Waals surface area contributed by atoms with Gasteiger partial charge >= 0.3 is 5.97 Å². The number of aromatic carboxylic acids is 1. The quantitative estimate of drug-likeness (QED) is 0.826. The molecule has 0 bridgehead atoms. The smallest absolute Gasteiger partial charge is 0.354 e. The minimum absolute atomic E-state index is 0.00984. The molecule has 1 unspecified atom stereocenters. The van der Waals surface area contributed by atoms with Crippen molar-refractivity contribution in [2.45, 2.75) is 32.8 Å². The van der Waals surface area contributed by atoms with Gasteiger partial charge in [0.1, 0.15) is 5.60 Å². The van der Waals surface area contributed by atoms with Gasteiger partial charge in [0.2, 0.25) is 0 Å². The summed E-state index contributed by atoms with van der Waals surface area (Å²) in [7, 11) is 0. The van der Waals surface area contributed by atoms with Gasteiger partial charge in [-0.15, -0.1) is 0 Å². The molecule has 0 amide bonds. The fourth-order valence-corrected chi connectivity index (χ4v) is 1.38. The van der Waals surface area contributed by atoms with Crippen LogP contribution in [0.25, 0.3) is 0 Å². The average molecular weight is 224 g/mol. The molecule has 1 N–H and O–H groups in total. The summed E-state index contributed by atoms with van der Waals surface area (Å²) in [6.07, 6.45) is 2.13. The van der Waals surface area contributed by atoms with E-state index in [9.17, 15) is 4.79 Å². The van der Waals surface area contributed by atoms with E-state index in [-0.39, 0.29) is 5.69 Å². The minimum Gasteiger partial charge on any atom is -0.477 e. The molecule has 1 aromatic rings. The first kappa shape index (κ1) is 12.6. The summed E-state index contributed by atoms with van der Waals surface area (Å²) in [6, 6.07) is 1.37. The second-order valence-electron chi connectivity index (χ2n) is 3.59. The fourth-order valence-electron chi connectivity index (χ4n) is 1.38. The van der Waals surface area contributed by atoms with Crippen molar-refractivity contribution in [2.75, 3.05) is 6.61 Å². The van der Waals surface area contributed by atoms with Gasteiger partial charge in [0, 0.05) is 12.8 Å². The normalized spacial score (nSPS) is 14.4. The SMILES string of the molecule is CCOC(C)(CC)c1nccc(C(=O)O)n1. The summed E-state index contributed by atoms with van der Waals surface area (Å²) in [4.78, 5) is 18.9. The number of carbonyl (C=O) groups is 1. The van der Waals surface area contributed by atoms with E-state index in [1.165, 1.54) is 12.3 Å². The van der Waals surface area contributed by atoms with Crippen LogP contribution in [0.1, 0.15) is 43.5 Å². The van der Waals surface area contributed by atoms with Gasteiger partial charge in [-0.05, 0) is 26.3 Å². The molecule has 88 valence electrons. The highest BCUT2D eigenvalue weighted by molar-refractivity contribution is 5.85. The number of aromatic nitrogens is 2. The summed E-state index contributed by atoms with van der Waals surface area (Å²) in [5.74, 6) is -0.643. The molecule has 0 aromatic carbocycles. The summed E-state index contributed by atoms with van der Waals surface area (Å²) < 4.78 is 5.58. The van der Waals surface area contributed by atoms with Gasteiger partial charge in [0.05, 0.1) is 0 Å². The van der Waals surface area contributed by atoms with Gasteiger partial charge in [0.25, 0.3) is 0 Å². The van der Waals surface area contributed by atoms with Crippen LogP contribution >= 0.6 is 0 Å². The van der Waals surface area contributed by atoms with Gasteiger partial charge < -0.3 is 9.84 Å². The van der Waals surface area contributed by atoms with Crippen LogP contribution in [0.5, 0.6) is 0 Å². The first-order valence-corrected chi connectivity index (χ1v) is 5.24. The molecule has 1 rings (SSSR count). The first-order chi connectivity index (χ1) is 7.53. The highest BCUT2D eigenvalue weighted by Gasteiger charge is 2.28. The molecule has 0 aliphatic rings. The Kier molecular flexibility index (Phi) is 3.95. The predicted molar refractivity (Wildman–Crippen MR) is 58.3 cm³/mol. The van der Waals surface area contributed by atoms with Crippen LogP contribution in [-0.4, -0.2) is 27.7 Å². The van der Waals surface area contributed by atoms with Gasteiger partial charge in [-0.3, -0.25) is 0 Å². The van der Waals surface area contributed by atoms with E-state index in [0.717, 1.165) is 0 Å². The topological polar surface area (TPSA) is 72.3 Å². The molecule has 0 aliphatic carbocycles. The molecule has 0 spiro atoms. The lowest BCUT2D eigenvalue weighted by Crippen LogP contribution is -2.28. The largest absolute Gasteiger partial charge is 0.477 e. The zero-order chi connectivity index (χ0) is 12.2. The monoisotopic (exact) mass is 224 g/mol. The zero-order valence-electron chi connectivity index (χ0n) is 9.73. The Balaban J connectivity index is 3.10. The molecule has 5 nitrogen and oxygen atoms in total. The fraction of sp³-hybridized carbons (Fsp3) is 0.545. The minimum atomic E-state index is -1.06. The van der Waals surface area contributed by atoms with Crippen molar-refractivity contribution in [1.29, 1.82) is 0 Å². The second-order valence-corrected chi connectivity index (χ2v) is 3.59. The Morgan fingerprint density at radius 1 is 1.56 bits per heavy atom. The third-order valence-electron chi connectivity index (χ3n) is 2.49. The number of hydrogen-bond acceptors (Lipinski definition) is 4. The van der Waals surface area contributed by atoms with Crippen LogP contribution < -0.4 is 0 Å². The van der Waals surface area contributed by atoms with Crippen LogP contribution in [0.15, 0.2) is 12.3 Å². The van der Waals surface area contributed by atoms with Crippen LogP contribution in [0.3, 0.4) is 0 Å². The van der Waals surface area contributed by atoms with Crippen LogP contribution in [0.4, 0.5) is 0 Å². The maximum absolute atomic E-state index is 10.8. The highest BCUT2D eigenvalue weighted by atomic mass is 16.5. The molecule has 1 heterocycles. The standard InChI is InChI=1S/C11H16N2O3/c1-4-11(3,16-5-2)10-12-7-6-8(13-10)9(14)15/h6-7H,4-5H2,1-3H3,(H,14,15). The molecule has 0 saturated heterocycles. The predicted octanol–water partition coefficient (Wildman–Crippen LogP) is 1.84. The lowest BCUT2D eigenvalue weighted by atomic mass is 10.0. The number of hydrogen-bond donors (Lipinski definition) is 1. The van der Waals surface area contributed by atoms with E-state index in [0.29, 0.717) is 18.9 Å². The van der Waals surface area contributed by atoms with Gasteiger partial charge in [-0.2, -0.15) is 0 Å². The van der Waals surface area contributed by atoms with Crippen molar-refractivity contribution in [3.05, 3.63) is 23.8 Å². The van der Waals surface area contributed by atoms with Crippen LogP contribution in [-0.2, 0) is 10.3 Å². The molecular formula is C11H16N2O3. The Hall–Kier alpha value is -1.49. The van der Waals surface area contributed by atoms with Crippen molar-refractivity contribution >= 4 is 5.97 Å². The van der Waals surface area contributed by atoms with Crippen molar-refractivity contribution in [2.24, 2.45) is 0 Å². The van der Waals surface area contributed by atoms with Crippen molar-refractivity contribution < 1.29 is 14.6 Å². The van der Waals surface area contributed by atoms with Gasteiger partial charge in [0.15, 0.2) is 11.5 Å². The van der Waals surface area contributed by atoms with Crippen LogP contribution in [0, 0.1) is 0 Å². The molecule has 0 aliphatic heterocycles. The Bertz CT molecular complexity index is 381. The van der Waals surface area contributed by atoms with Crippen molar-refractivity contribution in [1.82, 2.24) is 9.97 Å². The maximum atomic E-state index is 10.8. The third-order valence-corrected chi connectivity index (χ3v) is 2.49. The molecule has 1 atom stereocenters. The summed E-state index contributed by atoms with van der Waals surface area (Å²) in [5.41, 5.74) is -0.635. The van der Waals surface area contributed by atoms with Crippen LogP contribution in [0.2, 0.25) is 0 Å². The van der Waals surface area contributed by atoms with E-state index in [4.69, 9.17) is 9.84 Å².